The Balaban J connectivity index is 0. The number of allylic oxidation sites excluding steroid dienone is 8. The van der Waals surface area contributed by atoms with Crippen molar-refractivity contribution in [3.63, 3.8) is 0 Å². The van der Waals surface area contributed by atoms with Crippen LogP contribution in [-0.2, 0) is 10.8 Å². The summed E-state index contributed by atoms with van der Waals surface area (Å²) in [5.74, 6) is 1.72. The number of unbranched alkanes of at least 4 members (excludes halogenated alkanes) is 1. The van der Waals surface area contributed by atoms with Gasteiger partial charge in [0.25, 0.3) is 0 Å². The molecule has 1 unspecified atom stereocenters. The fraction of sp³-hybridized carbons (Fsp3) is 0.522. The predicted molar refractivity (Wildman–Crippen MR) is 126 cm³/mol. The van der Waals surface area contributed by atoms with Crippen LogP contribution in [0.4, 0.5) is 0 Å². The summed E-state index contributed by atoms with van der Waals surface area (Å²) in [7, 11) is -0.527. The molecule has 0 fully saturated rings. The Hall–Kier alpha value is -1.31. The van der Waals surface area contributed by atoms with Crippen LogP contribution in [0.5, 0.6) is 0 Å². The second kappa shape index (κ2) is 19.5. The predicted octanol–water partition coefficient (Wildman–Crippen LogP) is 7.12. The summed E-state index contributed by atoms with van der Waals surface area (Å²) >= 11 is 1.61. The number of hydrogen-bond acceptors (Lipinski definition) is 3. The first kappa shape index (κ1) is 27.9. The zero-order chi connectivity index (χ0) is 21.1. The van der Waals surface area contributed by atoms with Crippen molar-refractivity contribution < 1.29 is 4.21 Å². The zero-order valence-corrected chi connectivity index (χ0v) is 19.6. The van der Waals surface area contributed by atoms with Crippen LogP contribution < -0.4 is 0 Å². The molecule has 0 heterocycles. The summed E-state index contributed by atoms with van der Waals surface area (Å²) in [5, 5.41) is 11.3. The molecule has 1 aliphatic rings. The van der Waals surface area contributed by atoms with Crippen LogP contribution in [0.15, 0.2) is 58.6 Å². The minimum Gasteiger partial charge on any atom is -0.260 e. The van der Waals surface area contributed by atoms with E-state index in [0.29, 0.717) is 0 Å². The minimum absolute atomic E-state index is 0.527. The highest BCUT2D eigenvalue weighted by molar-refractivity contribution is 8.01. The van der Waals surface area contributed by atoms with Crippen molar-refractivity contribution in [2.75, 3.05) is 17.8 Å². The molecule has 0 saturated heterocycles. The molecule has 1 aliphatic carbocycles. The van der Waals surface area contributed by atoms with Gasteiger partial charge in [0.2, 0.25) is 0 Å². The van der Waals surface area contributed by atoms with Crippen LogP contribution in [0.1, 0.15) is 60.3 Å². The Morgan fingerprint density at radius 3 is 2.52 bits per heavy atom. The summed E-state index contributed by atoms with van der Waals surface area (Å²) in [6, 6.07) is 2.30. The molecule has 0 N–H and O–H groups in total. The largest absolute Gasteiger partial charge is 0.260 e. The van der Waals surface area contributed by atoms with E-state index in [9.17, 15) is 9.47 Å². The maximum Gasteiger partial charge on any atom is 0.100 e. The summed E-state index contributed by atoms with van der Waals surface area (Å²) in [5.41, 5.74) is 3.95. The topological polar surface area (TPSA) is 40.9 Å². The Morgan fingerprint density at radius 1 is 1.41 bits per heavy atom. The van der Waals surface area contributed by atoms with Gasteiger partial charge in [0.15, 0.2) is 0 Å². The van der Waals surface area contributed by atoms with E-state index in [1.165, 1.54) is 5.57 Å². The highest BCUT2D eigenvalue weighted by Crippen LogP contribution is 2.27. The number of nitriles is 1. The number of nitrogens with zero attached hydrogens (tertiary/aromatic N) is 1. The van der Waals surface area contributed by atoms with Crippen LogP contribution in [0.3, 0.4) is 0 Å². The summed E-state index contributed by atoms with van der Waals surface area (Å²) in [6.07, 6.45) is 14.2. The van der Waals surface area contributed by atoms with E-state index < -0.39 is 10.8 Å². The molecule has 2 nitrogen and oxygen atoms in total. The molecule has 0 saturated carbocycles. The Morgan fingerprint density at radius 2 is 2.07 bits per heavy atom. The van der Waals surface area contributed by atoms with Gasteiger partial charge in [0.1, 0.15) is 6.07 Å². The average Bonchev–Trinajstić information content (AvgIpc) is 2.72. The van der Waals surface area contributed by atoms with Gasteiger partial charge >= 0.3 is 0 Å². The Kier molecular flexibility index (Phi) is 20.1. The van der Waals surface area contributed by atoms with Crippen molar-refractivity contribution in [1.82, 2.24) is 0 Å². The molecular weight excluding hydrogens is 370 g/mol. The maximum atomic E-state index is 10.7. The Bertz CT molecular complexity index is 604. The second-order valence-corrected chi connectivity index (χ2v) is 8.21. The van der Waals surface area contributed by atoms with E-state index >= 15 is 0 Å². The first-order valence-corrected chi connectivity index (χ1v) is 12.5. The van der Waals surface area contributed by atoms with Crippen LogP contribution in [0, 0.1) is 11.3 Å². The lowest BCUT2D eigenvalue weighted by molar-refractivity contribution is 0.680. The molecule has 152 valence electrons. The van der Waals surface area contributed by atoms with Gasteiger partial charge in [0.05, 0.1) is 5.57 Å². The fourth-order valence-electron chi connectivity index (χ4n) is 2.20. The molecule has 0 aromatic rings. The fourth-order valence-corrected chi connectivity index (χ4v) is 3.38. The van der Waals surface area contributed by atoms with E-state index in [0.717, 1.165) is 53.9 Å². The van der Waals surface area contributed by atoms with E-state index in [4.69, 9.17) is 0 Å². The third-order valence-corrected chi connectivity index (χ3v) is 5.55. The number of thioether (sulfide) groups is 1. The first-order valence-electron chi connectivity index (χ1n) is 9.73. The summed E-state index contributed by atoms with van der Waals surface area (Å²) < 4.78 is 10.7. The maximum absolute atomic E-state index is 10.7. The zero-order valence-electron chi connectivity index (χ0n) is 18.0. The minimum atomic E-state index is -0.527. The standard InChI is InChI=1S/C15H17NS.C6H14OS.C2H6/c1-4-13(9-10-17-3)15(11-16)14-8-6-5-7-12(14)2;1-3-5-6-8(7)4-2;1-2/h4,6,8-10H,1,5,7H2,2-3H3;3-6H2,1-2H3;1-2H3/b10-9-,15-13-;;. The van der Waals surface area contributed by atoms with Crippen molar-refractivity contribution >= 4 is 22.6 Å². The smallest absolute Gasteiger partial charge is 0.100 e. The molecule has 0 radical (unpaired) electrons. The molecule has 27 heavy (non-hydrogen) atoms. The quantitative estimate of drug-likeness (QED) is 0.318. The monoisotopic (exact) mass is 407 g/mol. The summed E-state index contributed by atoms with van der Waals surface area (Å²) in [6.45, 7) is 14.0. The van der Waals surface area contributed by atoms with Crippen LogP contribution in [0.25, 0.3) is 0 Å². The van der Waals surface area contributed by atoms with E-state index in [1.54, 1.807) is 17.8 Å². The first-order chi connectivity index (χ1) is 13.0. The van der Waals surface area contributed by atoms with Gasteiger partial charge in [0, 0.05) is 22.3 Å². The molecule has 1 atom stereocenters. The highest BCUT2D eigenvalue weighted by atomic mass is 32.2. The van der Waals surface area contributed by atoms with Gasteiger partial charge in [-0.2, -0.15) is 5.26 Å². The van der Waals surface area contributed by atoms with E-state index in [-0.39, 0.29) is 0 Å². The molecule has 0 spiro atoms. The number of rotatable bonds is 8. The van der Waals surface area contributed by atoms with Crippen molar-refractivity contribution in [1.29, 1.82) is 5.26 Å². The van der Waals surface area contributed by atoms with Crippen LogP contribution in [-0.4, -0.2) is 22.0 Å². The lowest BCUT2D eigenvalue weighted by Crippen LogP contribution is -1.97. The van der Waals surface area contributed by atoms with Crippen molar-refractivity contribution in [2.45, 2.75) is 60.3 Å². The molecule has 0 aromatic carbocycles. The third kappa shape index (κ3) is 12.7. The van der Waals surface area contributed by atoms with Crippen molar-refractivity contribution in [3.05, 3.63) is 58.6 Å². The lowest BCUT2D eigenvalue weighted by Gasteiger charge is -2.13. The van der Waals surface area contributed by atoms with Crippen molar-refractivity contribution in [3.8, 4) is 6.07 Å². The summed E-state index contributed by atoms with van der Waals surface area (Å²) in [4.78, 5) is 0. The van der Waals surface area contributed by atoms with E-state index in [1.807, 2.05) is 44.6 Å². The lowest BCUT2D eigenvalue weighted by atomic mass is 9.91. The SMILES string of the molecule is C=CC(/C=C\SC)=C(\C#N)C1=C(C)CCC=C1.CC.CCCCS(=O)CC. The van der Waals surface area contributed by atoms with Gasteiger partial charge in [-0.1, -0.05) is 64.5 Å². The number of hydrogen-bond donors (Lipinski definition) is 0. The molecule has 1 rings (SSSR count). The van der Waals surface area contributed by atoms with E-state index in [2.05, 4.69) is 32.6 Å². The van der Waals surface area contributed by atoms with Gasteiger partial charge in [-0.05, 0) is 55.1 Å². The van der Waals surface area contributed by atoms with Gasteiger partial charge in [-0.25, -0.2) is 0 Å². The molecule has 0 bridgehead atoms. The molecule has 0 aliphatic heterocycles. The van der Waals surface area contributed by atoms with Gasteiger partial charge < -0.3 is 0 Å². The van der Waals surface area contributed by atoms with Crippen molar-refractivity contribution in [2.24, 2.45) is 0 Å². The highest BCUT2D eigenvalue weighted by Gasteiger charge is 2.11. The Labute approximate surface area is 174 Å². The average molecular weight is 408 g/mol. The molecule has 0 amide bonds. The van der Waals surface area contributed by atoms with Crippen LogP contribution >= 0.6 is 11.8 Å². The normalized spacial score (nSPS) is 15.0. The van der Waals surface area contributed by atoms with Gasteiger partial charge in [-0.15, -0.1) is 11.8 Å². The second-order valence-electron chi connectivity index (χ2n) is 5.61. The molecule has 4 heteroatoms. The van der Waals surface area contributed by atoms with Crippen LogP contribution in [0.2, 0.25) is 0 Å². The molecular formula is C23H37NOS2. The van der Waals surface area contributed by atoms with Gasteiger partial charge in [-0.3, -0.25) is 4.21 Å². The molecule has 0 aromatic heterocycles. The third-order valence-electron chi connectivity index (χ3n) is 3.75.